The minimum absolute atomic E-state index is 0.211. The molecule has 1 N–H and O–H groups in total. The molecule has 6 nitrogen and oxygen atoms in total. The number of aryl methyl sites for hydroxylation is 1. The quantitative estimate of drug-likeness (QED) is 0.441. The summed E-state index contributed by atoms with van der Waals surface area (Å²) < 4.78 is 15.9. The Balaban J connectivity index is 1.53. The summed E-state index contributed by atoms with van der Waals surface area (Å²) in [6, 6.07) is 5.49. The van der Waals surface area contributed by atoms with Gasteiger partial charge < -0.3 is 19.5 Å². The number of thiophene rings is 1. The van der Waals surface area contributed by atoms with Gasteiger partial charge in [0.1, 0.15) is 5.00 Å². The summed E-state index contributed by atoms with van der Waals surface area (Å²) in [6.45, 7) is 2.30. The van der Waals surface area contributed by atoms with Crippen molar-refractivity contribution in [2.75, 3.05) is 18.7 Å². The maximum Gasteiger partial charge on any atom is 0.341 e. The van der Waals surface area contributed by atoms with E-state index in [2.05, 4.69) is 5.32 Å². The summed E-state index contributed by atoms with van der Waals surface area (Å²) in [6.07, 6.45) is 8.26. The maximum absolute atomic E-state index is 12.6. The number of ether oxygens (including phenoxy) is 3. The lowest BCUT2D eigenvalue weighted by atomic mass is 10.1. The van der Waals surface area contributed by atoms with Crippen molar-refractivity contribution in [1.29, 1.82) is 0 Å². The second-order valence-electron chi connectivity index (χ2n) is 6.92. The van der Waals surface area contributed by atoms with E-state index in [1.165, 1.54) is 22.3 Å². The largest absolute Gasteiger partial charge is 0.462 e. The zero-order chi connectivity index (χ0) is 20.2. The zero-order valence-electron chi connectivity index (χ0n) is 16.3. The monoisotopic (exact) mass is 413 g/mol. The highest BCUT2D eigenvalue weighted by Gasteiger charge is 2.26. The molecule has 1 aromatic heterocycles. The van der Waals surface area contributed by atoms with Gasteiger partial charge in [0.15, 0.2) is 11.5 Å². The molecule has 7 heteroatoms. The predicted molar refractivity (Wildman–Crippen MR) is 112 cm³/mol. The molecule has 1 aliphatic heterocycles. The van der Waals surface area contributed by atoms with Crippen LogP contribution in [0.4, 0.5) is 5.00 Å². The molecule has 0 unspecified atom stereocenters. The zero-order valence-corrected chi connectivity index (χ0v) is 17.1. The van der Waals surface area contributed by atoms with E-state index in [9.17, 15) is 9.59 Å². The fourth-order valence-electron chi connectivity index (χ4n) is 3.59. The normalized spacial score (nSPS) is 15.1. The van der Waals surface area contributed by atoms with Gasteiger partial charge in [-0.1, -0.05) is 12.5 Å². The molecule has 1 aliphatic carbocycles. The first-order chi connectivity index (χ1) is 14.2. The third-order valence-corrected chi connectivity index (χ3v) is 6.17. The lowest BCUT2D eigenvalue weighted by Crippen LogP contribution is -2.13. The molecule has 1 aromatic carbocycles. The smallest absolute Gasteiger partial charge is 0.341 e. The Morgan fingerprint density at radius 3 is 2.86 bits per heavy atom. The van der Waals surface area contributed by atoms with Crippen LogP contribution < -0.4 is 14.8 Å². The van der Waals surface area contributed by atoms with Crippen molar-refractivity contribution in [3.8, 4) is 11.5 Å². The van der Waals surface area contributed by atoms with E-state index in [-0.39, 0.29) is 18.7 Å². The number of anilines is 1. The fourth-order valence-corrected chi connectivity index (χ4v) is 4.87. The van der Waals surface area contributed by atoms with Crippen LogP contribution >= 0.6 is 11.3 Å². The molecule has 0 bridgehead atoms. The van der Waals surface area contributed by atoms with Crippen molar-refractivity contribution < 1.29 is 23.8 Å². The number of esters is 1. The number of amides is 1. The lowest BCUT2D eigenvalue weighted by Gasteiger charge is -2.07. The van der Waals surface area contributed by atoms with E-state index in [0.29, 0.717) is 28.7 Å². The van der Waals surface area contributed by atoms with Gasteiger partial charge in [0.25, 0.3) is 0 Å². The Morgan fingerprint density at radius 2 is 2.00 bits per heavy atom. The van der Waals surface area contributed by atoms with E-state index < -0.39 is 0 Å². The van der Waals surface area contributed by atoms with Crippen LogP contribution in [0.15, 0.2) is 24.3 Å². The predicted octanol–water partition coefficient (Wildman–Crippen LogP) is 4.57. The second-order valence-corrected chi connectivity index (χ2v) is 8.03. The first-order valence-corrected chi connectivity index (χ1v) is 10.7. The molecule has 0 saturated heterocycles. The third kappa shape index (κ3) is 4.29. The molecule has 0 spiro atoms. The van der Waals surface area contributed by atoms with Crippen LogP contribution in [0.25, 0.3) is 6.08 Å². The van der Waals surface area contributed by atoms with Crippen LogP contribution in [0, 0.1) is 0 Å². The minimum Gasteiger partial charge on any atom is -0.462 e. The van der Waals surface area contributed by atoms with Crippen LogP contribution in [0.1, 0.15) is 52.5 Å². The highest BCUT2D eigenvalue weighted by Crippen LogP contribution is 2.38. The van der Waals surface area contributed by atoms with Crippen molar-refractivity contribution in [2.45, 2.75) is 39.0 Å². The van der Waals surface area contributed by atoms with Gasteiger partial charge in [-0.15, -0.1) is 11.3 Å². The van der Waals surface area contributed by atoms with Crippen LogP contribution in [0.5, 0.6) is 11.5 Å². The fraction of sp³-hybridized carbons (Fsp3) is 0.364. The SMILES string of the molecule is CCOC(=O)c1c(NC(=O)C=Cc2ccc3c(c2)OCO3)sc2c1CCCCC2. The summed E-state index contributed by atoms with van der Waals surface area (Å²) in [7, 11) is 0. The molecule has 2 heterocycles. The van der Waals surface area contributed by atoms with Crippen LogP contribution in [0.3, 0.4) is 0 Å². The van der Waals surface area contributed by atoms with Gasteiger partial charge in [-0.05, 0) is 61.9 Å². The minimum atomic E-state index is -0.359. The van der Waals surface area contributed by atoms with Gasteiger partial charge in [-0.25, -0.2) is 4.79 Å². The molecule has 0 atom stereocenters. The van der Waals surface area contributed by atoms with Crippen LogP contribution in [-0.4, -0.2) is 25.3 Å². The Bertz CT molecular complexity index is 962. The van der Waals surface area contributed by atoms with Gasteiger partial charge >= 0.3 is 5.97 Å². The number of carbonyl (C=O) groups excluding carboxylic acids is 2. The van der Waals surface area contributed by atoms with E-state index in [4.69, 9.17) is 14.2 Å². The van der Waals surface area contributed by atoms with Crippen molar-refractivity contribution in [3.63, 3.8) is 0 Å². The first kappa shape index (κ1) is 19.5. The van der Waals surface area contributed by atoms with Gasteiger partial charge in [0, 0.05) is 11.0 Å². The van der Waals surface area contributed by atoms with E-state index in [1.54, 1.807) is 13.0 Å². The summed E-state index contributed by atoms with van der Waals surface area (Å²) in [5.74, 6) is 0.719. The number of carbonyl (C=O) groups is 2. The Kier molecular flexibility index (Phi) is 5.85. The summed E-state index contributed by atoms with van der Waals surface area (Å²) in [4.78, 5) is 26.3. The number of benzene rings is 1. The summed E-state index contributed by atoms with van der Waals surface area (Å²) in [5, 5.41) is 3.47. The molecule has 1 amide bonds. The van der Waals surface area contributed by atoms with E-state index in [0.717, 1.165) is 43.2 Å². The number of nitrogens with one attached hydrogen (secondary N) is 1. The molecular formula is C22H23NO5S. The molecule has 2 aromatic rings. The number of fused-ring (bicyclic) bond motifs is 2. The molecule has 152 valence electrons. The maximum atomic E-state index is 12.6. The highest BCUT2D eigenvalue weighted by atomic mass is 32.1. The van der Waals surface area contributed by atoms with Crippen LogP contribution in [0.2, 0.25) is 0 Å². The van der Waals surface area contributed by atoms with Gasteiger partial charge in [0.2, 0.25) is 12.7 Å². The van der Waals surface area contributed by atoms with E-state index in [1.807, 2.05) is 18.2 Å². The number of rotatable bonds is 5. The van der Waals surface area contributed by atoms with Crippen molar-refractivity contribution in [2.24, 2.45) is 0 Å². The summed E-state index contributed by atoms with van der Waals surface area (Å²) >= 11 is 1.49. The molecule has 0 saturated carbocycles. The van der Waals surface area contributed by atoms with Gasteiger partial charge in [-0.3, -0.25) is 4.79 Å². The number of hydrogen-bond donors (Lipinski definition) is 1. The molecule has 29 heavy (non-hydrogen) atoms. The topological polar surface area (TPSA) is 73.9 Å². The number of hydrogen-bond acceptors (Lipinski definition) is 6. The third-order valence-electron chi connectivity index (χ3n) is 4.96. The molecule has 0 fully saturated rings. The standard InChI is InChI=1S/C22H23NO5S/c1-2-26-22(25)20-15-6-4-3-5-7-18(15)29-21(20)23-19(24)11-9-14-8-10-16-17(12-14)28-13-27-16/h8-12H,2-7,13H2,1H3,(H,23,24). The summed E-state index contributed by atoms with van der Waals surface area (Å²) in [5.41, 5.74) is 2.40. The van der Waals surface area contributed by atoms with Crippen molar-refractivity contribution in [1.82, 2.24) is 0 Å². The average molecular weight is 413 g/mol. The van der Waals surface area contributed by atoms with Crippen molar-refractivity contribution >= 4 is 34.3 Å². The Morgan fingerprint density at radius 1 is 1.17 bits per heavy atom. The van der Waals surface area contributed by atoms with Gasteiger partial charge in [-0.2, -0.15) is 0 Å². The molecule has 0 radical (unpaired) electrons. The molecular weight excluding hydrogens is 390 g/mol. The molecule has 2 aliphatic rings. The Labute approximate surface area is 173 Å². The van der Waals surface area contributed by atoms with E-state index >= 15 is 0 Å². The molecule has 4 rings (SSSR count). The van der Waals surface area contributed by atoms with Crippen molar-refractivity contribution in [3.05, 3.63) is 45.8 Å². The van der Waals surface area contributed by atoms with Gasteiger partial charge in [0.05, 0.1) is 12.2 Å². The lowest BCUT2D eigenvalue weighted by molar-refractivity contribution is -0.111. The van der Waals surface area contributed by atoms with Crippen LogP contribution in [-0.2, 0) is 22.4 Å². The highest BCUT2D eigenvalue weighted by molar-refractivity contribution is 7.17. The first-order valence-electron chi connectivity index (χ1n) is 9.86. The Hall–Kier alpha value is -2.80. The second kappa shape index (κ2) is 8.69. The average Bonchev–Trinajstić information content (AvgIpc) is 3.24.